The number of hydrazone groups is 1. The molecule has 0 bridgehead atoms. The number of benzene rings is 3. The molecule has 0 aliphatic rings. The summed E-state index contributed by atoms with van der Waals surface area (Å²) in [6.45, 7) is 4.27. The molecular weight excluding hydrogens is 450 g/mol. The number of carbonyl (C=O) groups excluding carboxylic acids is 1. The maximum atomic E-state index is 13.3. The van der Waals surface area contributed by atoms with E-state index < -0.39 is 22.5 Å². The van der Waals surface area contributed by atoms with Crippen molar-refractivity contribution in [3.05, 3.63) is 90.0 Å². The van der Waals surface area contributed by atoms with Gasteiger partial charge in [0.2, 0.25) is 0 Å². The normalized spacial score (nSPS) is 11.4. The smallest absolute Gasteiger partial charge is 0.264 e. The summed E-state index contributed by atoms with van der Waals surface area (Å²) in [6.07, 6.45) is 3.56. The number of unbranched alkanes of at least 4 members (excludes halogenated alkanes) is 1. The van der Waals surface area contributed by atoms with Gasteiger partial charge in [-0.1, -0.05) is 49.2 Å². The van der Waals surface area contributed by atoms with E-state index in [4.69, 9.17) is 4.74 Å². The molecule has 3 aromatic rings. The molecule has 1 amide bonds. The Morgan fingerprint density at radius 1 is 1.00 bits per heavy atom. The van der Waals surface area contributed by atoms with Crippen molar-refractivity contribution in [2.24, 2.45) is 5.10 Å². The van der Waals surface area contributed by atoms with Crippen molar-refractivity contribution < 1.29 is 17.9 Å². The van der Waals surface area contributed by atoms with Crippen LogP contribution in [0.5, 0.6) is 5.75 Å². The average Bonchev–Trinajstić information content (AvgIpc) is 2.85. The van der Waals surface area contributed by atoms with Crippen LogP contribution < -0.4 is 14.5 Å². The zero-order valence-corrected chi connectivity index (χ0v) is 20.2. The first kappa shape index (κ1) is 25.0. The van der Waals surface area contributed by atoms with E-state index in [0.29, 0.717) is 12.3 Å². The SMILES string of the molecule is CCCCOc1ccc(/C=N\NC(=O)CN(c2ccc(C)cc2)S(=O)(=O)c2ccccc2)cc1. The van der Waals surface area contributed by atoms with Gasteiger partial charge in [0.1, 0.15) is 12.3 Å². The van der Waals surface area contributed by atoms with E-state index in [-0.39, 0.29) is 4.90 Å². The number of ether oxygens (including phenoxy) is 1. The van der Waals surface area contributed by atoms with Gasteiger partial charge in [-0.2, -0.15) is 5.10 Å². The Hall–Kier alpha value is -3.65. The summed E-state index contributed by atoms with van der Waals surface area (Å²) in [4.78, 5) is 12.7. The molecule has 0 fully saturated rings. The average molecular weight is 480 g/mol. The topological polar surface area (TPSA) is 88.1 Å². The van der Waals surface area contributed by atoms with Crippen molar-refractivity contribution in [2.45, 2.75) is 31.6 Å². The summed E-state index contributed by atoms with van der Waals surface area (Å²) in [5, 5.41) is 3.98. The first-order chi connectivity index (χ1) is 16.4. The van der Waals surface area contributed by atoms with Gasteiger partial charge in [-0.25, -0.2) is 13.8 Å². The molecule has 3 aromatic carbocycles. The largest absolute Gasteiger partial charge is 0.494 e. The molecule has 178 valence electrons. The highest BCUT2D eigenvalue weighted by molar-refractivity contribution is 7.92. The Labute approximate surface area is 201 Å². The van der Waals surface area contributed by atoms with E-state index in [2.05, 4.69) is 17.5 Å². The zero-order valence-electron chi connectivity index (χ0n) is 19.3. The Balaban J connectivity index is 1.69. The van der Waals surface area contributed by atoms with E-state index in [1.54, 1.807) is 42.5 Å². The third-order valence-corrected chi connectivity index (χ3v) is 6.78. The van der Waals surface area contributed by atoms with Crippen LogP contribution in [0.15, 0.2) is 88.9 Å². The van der Waals surface area contributed by atoms with Crippen LogP contribution in [-0.2, 0) is 14.8 Å². The number of hydrogen-bond acceptors (Lipinski definition) is 5. The molecule has 0 saturated carbocycles. The van der Waals surface area contributed by atoms with Gasteiger partial charge in [0, 0.05) is 0 Å². The van der Waals surface area contributed by atoms with Crippen molar-refractivity contribution in [3.8, 4) is 5.75 Å². The second-order valence-electron chi connectivity index (χ2n) is 7.72. The summed E-state index contributed by atoms with van der Waals surface area (Å²) in [5.41, 5.74) is 4.57. The van der Waals surface area contributed by atoms with Crippen molar-refractivity contribution in [3.63, 3.8) is 0 Å². The van der Waals surface area contributed by atoms with Crippen molar-refractivity contribution >= 4 is 27.8 Å². The highest BCUT2D eigenvalue weighted by atomic mass is 32.2. The lowest BCUT2D eigenvalue weighted by atomic mass is 10.2. The van der Waals surface area contributed by atoms with Crippen LogP contribution in [0.4, 0.5) is 5.69 Å². The van der Waals surface area contributed by atoms with Gasteiger partial charge < -0.3 is 4.74 Å². The fraction of sp³-hybridized carbons (Fsp3) is 0.231. The van der Waals surface area contributed by atoms with Crippen LogP contribution in [0, 0.1) is 6.92 Å². The first-order valence-electron chi connectivity index (χ1n) is 11.1. The standard InChI is InChI=1S/C26H29N3O4S/c1-3-4-18-33-24-16-12-22(13-17-24)19-27-28-26(30)20-29(23-14-10-21(2)11-15-23)34(31,32)25-8-6-5-7-9-25/h5-17,19H,3-4,18,20H2,1-2H3,(H,28,30)/b27-19-. The lowest BCUT2D eigenvalue weighted by Gasteiger charge is -2.23. The van der Waals surface area contributed by atoms with E-state index in [9.17, 15) is 13.2 Å². The number of hydrogen-bond donors (Lipinski definition) is 1. The predicted molar refractivity (Wildman–Crippen MR) is 135 cm³/mol. The van der Waals surface area contributed by atoms with Crippen molar-refractivity contribution in [1.82, 2.24) is 5.43 Å². The first-order valence-corrected chi connectivity index (χ1v) is 12.5. The Kier molecular flexibility index (Phi) is 8.81. The van der Waals surface area contributed by atoms with Gasteiger partial charge in [0.25, 0.3) is 15.9 Å². The molecule has 1 N–H and O–H groups in total. The molecule has 0 aromatic heterocycles. The minimum Gasteiger partial charge on any atom is -0.494 e. The molecule has 0 aliphatic heterocycles. The molecule has 8 heteroatoms. The molecule has 7 nitrogen and oxygen atoms in total. The fourth-order valence-electron chi connectivity index (χ4n) is 3.07. The van der Waals surface area contributed by atoms with Gasteiger partial charge in [-0.3, -0.25) is 9.10 Å². The Morgan fingerprint density at radius 3 is 2.32 bits per heavy atom. The van der Waals surface area contributed by atoms with E-state index in [1.165, 1.54) is 18.3 Å². The van der Waals surface area contributed by atoms with E-state index in [0.717, 1.165) is 34.0 Å². The van der Waals surface area contributed by atoms with Crippen LogP contribution in [0.1, 0.15) is 30.9 Å². The number of rotatable bonds is 11. The number of sulfonamides is 1. The van der Waals surface area contributed by atoms with E-state index >= 15 is 0 Å². The minimum absolute atomic E-state index is 0.105. The lowest BCUT2D eigenvalue weighted by molar-refractivity contribution is -0.119. The second-order valence-corrected chi connectivity index (χ2v) is 9.59. The number of aryl methyl sites for hydroxylation is 1. The third kappa shape index (κ3) is 6.92. The summed E-state index contributed by atoms with van der Waals surface area (Å²) in [7, 11) is -3.95. The van der Waals surface area contributed by atoms with Crippen LogP contribution in [-0.4, -0.2) is 33.7 Å². The minimum atomic E-state index is -3.95. The molecule has 0 saturated heterocycles. The molecule has 0 aliphatic carbocycles. The Morgan fingerprint density at radius 2 is 1.68 bits per heavy atom. The summed E-state index contributed by atoms with van der Waals surface area (Å²) in [6, 6.07) is 22.3. The zero-order chi connectivity index (χ0) is 24.4. The maximum Gasteiger partial charge on any atom is 0.264 e. The van der Waals surface area contributed by atoms with Crippen molar-refractivity contribution in [2.75, 3.05) is 17.5 Å². The molecule has 0 spiro atoms. The molecule has 3 rings (SSSR count). The number of nitrogens with zero attached hydrogens (tertiary/aromatic N) is 2. The summed E-state index contributed by atoms with van der Waals surface area (Å²) in [5.74, 6) is 0.213. The number of amides is 1. The second kappa shape index (κ2) is 12.0. The van der Waals surface area contributed by atoms with E-state index in [1.807, 2.05) is 31.2 Å². The molecule has 0 radical (unpaired) electrons. The quantitative estimate of drug-likeness (QED) is 0.249. The van der Waals surface area contributed by atoms with Gasteiger partial charge in [0.05, 0.1) is 23.4 Å². The maximum absolute atomic E-state index is 13.3. The van der Waals surface area contributed by atoms with Crippen LogP contribution in [0.2, 0.25) is 0 Å². The highest BCUT2D eigenvalue weighted by Gasteiger charge is 2.26. The van der Waals surface area contributed by atoms with Crippen LogP contribution in [0.3, 0.4) is 0 Å². The number of carbonyl (C=O) groups is 1. The molecule has 0 unspecified atom stereocenters. The Bertz CT molecular complexity index is 1190. The van der Waals surface area contributed by atoms with Gasteiger partial charge >= 0.3 is 0 Å². The lowest BCUT2D eigenvalue weighted by Crippen LogP contribution is -2.39. The van der Waals surface area contributed by atoms with Gasteiger partial charge in [-0.15, -0.1) is 0 Å². The summed E-state index contributed by atoms with van der Waals surface area (Å²) < 4.78 is 33.2. The molecule has 0 atom stereocenters. The molecular formula is C26H29N3O4S. The number of anilines is 1. The third-order valence-electron chi connectivity index (χ3n) is 4.99. The monoisotopic (exact) mass is 479 g/mol. The fourth-order valence-corrected chi connectivity index (χ4v) is 4.52. The predicted octanol–water partition coefficient (Wildman–Crippen LogP) is 4.52. The van der Waals surface area contributed by atoms with Crippen LogP contribution >= 0.6 is 0 Å². The van der Waals surface area contributed by atoms with Gasteiger partial charge in [0.15, 0.2) is 0 Å². The van der Waals surface area contributed by atoms with Crippen LogP contribution in [0.25, 0.3) is 0 Å². The molecule has 0 heterocycles. The highest BCUT2D eigenvalue weighted by Crippen LogP contribution is 2.23. The summed E-state index contributed by atoms with van der Waals surface area (Å²) >= 11 is 0. The van der Waals surface area contributed by atoms with Crippen molar-refractivity contribution in [1.29, 1.82) is 0 Å². The molecule has 34 heavy (non-hydrogen) atoms. The number of nitrogens with one attached hydrogen (secondary N) is 1. The van der Waals surface area contributed by atoms with Gasteiger partial charge in [-0.05, 0) is 67.4 Å².